The van der Waals surface area contributed by atoms with Crippen LogP contribution in [0.5, 0.6) is 0 Å². The summed E-state index contributed by atoms with van der Waals surface area (Å²) in [4.78, 5) is 10.5. The van der Waals surface area contributed by atoms with Crippen molar-refractivity contribution in [3.8, 4) is 0 Å². The molecule has 0 aromatic heterocycles. The summed E-state index contributed by atoms with van der Waals surface area (Å²) in [6.07, 6.45) is 4.26. The summed E-state index contributed by atoms with van der Waals surface area (Å²) in [5.74, 6) is 0.175. The normalized spacial score (nSPS) is 13.7. The number of nitrogens with one attached hydrogen (secondary N) is 1. The molecule has 0 amide bonds. The quantitative estimate of drug-likeness (QED) is 0.482. The molecule has 0 radical (unpaired) electrons. The van der Waals surface area contributed by atoms with E-state index in [1.807, 2.05) is 19.1 Å². The van der Waals surface area contributed by atoms with E-state index in [0.29, 0.717) is 6.42 Å². The van der Waals surface area contributed by atoms with E-state index in [-0.39, 0.29) is 11.8 Å². The lowest BCUT2D eigenvalue weighted by atomic mass is 10.2. The first kappa shape index (κ1) is 10.7. The van der Waals surface area contributed by atoms with Crippen LogP contribution in [0.2, 0.25) is 0 Å². The van der Waals surface area contributed by atoms with Crippen molar-refractivity contribution in [2.75, 3.05) is 0 Å². The topological polar surface area (TPSA) is 55.1 Å². The van der Waals surface area contributed by atoms with Gasteiger partial charge in [-0.15, -0.1) is 0 Å². The molecule has 0 fully saturated rings. The molecule has 0 aromatic rings. The Bertz CT molecular complexity index is 147. The molecule has 0 saturated heterocycles. The molecule has 0 aliphatic carbocycles. The van der Waals surface area contributed by atoms with Crippen LogP contribution in [-0.4, -0.2) is 11.8 Å². The number of allylic oxidation sites excluding steroid dienone is 1. The second-order valence-corrected chi connectivity index (χ2v) is 2.83. The number of ketones is 1. The summed E-state index contributed by atoms with van der Waals surface area (Å²) < 4.78 is 2.92. The number of carbonyl (C=O) groups is 1. The van der Waals surface area contributed by atoms with Crippen LogP contribution in [-0.2, 0) is 4.79 Å². The number of nitrogens with two attached hydrogens (primary N) is 1. The van der Waals surface area contributed by atoms with Gasteiger partial charge in [0, 0.05) is 24.6 Å². The van der Waals surface area contributed by atoms with Gasteiger partial charge in [-0.1, -0.05) is 12.2 Å². The third kappa shape index (κ3) is 7.58. The number of hydrogen-bond acceptors (Lipinski definition) is 4. The van der Waals surface area contributed by atoms with Gasteiger partial charge in [0.15, 0.2) is 0 Å². The second kappa shape index (κ2) is 6.39. The maximum absolute atomic E-state index is 10.5. The minimum atomic E-state index is 0.175. The van der Waals surface area contributed by atoms with Gasteiger partial charge in [-0.2, -0.15) is 0 Å². The van der Waals surface area contributed by atoms with Crippen molar-refractivity contribution in [1.29, 1.82) is 0 Å². The Morgan fingerprint density at radius 2 is 2.45 bits per heavy atom. The summed E-state index contributed by atoms with van der Waals surface area (Å²) >= 11 is 1.08. The number of hydrogen-bond donors (Lipinski definition) is 2. The Kier molecular flexibility index (Phi) is 6.21. The molecule has 1 unspecified atom stereocenters. The van der Waals surface area contributed by atoms with Gasteiger partial charge in [0.1, 0.15) is 5.78 Å². The zero-order valence-corrected chi connectivity index (χ0v) is 7.65. The lowest BCUT2D eigenvalue weighted by molar-refractivity contribution is -0.116. The fraction of sp³-hybridized carbons (Fsp3) is 0.571. The zero-order valence-electron chi connectivity index (χ0n) is 6.83. The minimum absolute atomic E-state index is 0.175. The van der Waals surface area contributed by atoms with Crippen LogP contribution < -0.4 is 9.86 Å². The van der Waals surface area contributed by atoms with E-state index < -0.39 is 0 Å². The van der Waals surface area contributed by atoms with E-state index in [1.54, 1.807) is 6.92 Å². The molecule has 3 nitrogen and oxygen atoms in total. The standard InChI is InChI=1S/C7H14N2OS/c1-6(9-11-8)4-3-5-7(2)10/h3-4,6,9H,5,8H2,1-2H3/b4-3+. The van der Waals surface area contributed by atoms with Crippen molar-refractivity contribution in [2.24, 2.45) is 5.14 Å². The maximum atomic E-state index is 10.5. The molecule has 0 aliphatic rings. The van der Waals surface area contributed by atoms with E-state index in [2.05, 4.69) is 4.72 Å². The van der Waals surface area contributed by atoms with E-state index in [9.17, 15) is 4.79 Å². The minimum Gasteiger partial charge on any atom is -0.300 e. The van der Waals surface area contributed by atoms with Crippen molar-refractivity contribution in [2.45, 2.75) is 26.3 Å². The molecule has 11 heavy (non-hydrogen) atoms. The highest BCUT2D eigenvalue weighted by Gasteiger charge is 1.92. The molecular weight excluding hydrogens is 160 g/mol. The summed E-state index contributed by atoms with van der Waals surface area (Å²) in [6, 6.07) is 0.212. The van der Waals surface area contributed by atoms with Crippen LogP contribution in [0.3, 0.4) is 0 Å². The maximum Gasteiger partial charge on any atom is 0.133 e. The van der Waals surface area contributed by atoms with Crippen molar-refractivity contribution < 1.29 is 4.79 Å². The summed E-state index contributed by atoms with van der Waals surface area (Å²) in [5.41, 5.74) is 0. The first-order chi connectivity index (χ1) is 5.16. The molecule has 0 bridgehead atoms. The van der Waals surface area contributed by atoms with Gasteiger partial charge in [0.2, 0.25) is 0 Å². The van der Waals surface area contributed by atoms with E-state index in [4.69, 9.17) is 5.14 Å². The molecule has 0 saturated carbocycles. The number of Topliss-reactive ketones (excluding diaryl/α,β-unsaturated/α-hetero) is 1. The third-order valence-corrected chi connectivity index (χ3v) is 1.59. The molecule has 0 aliphatic heterocycles. The third-order valence-electron chi connectivity index (χ3n) is 1.08. The lowest BCUT2D eigenvalue weighted by Crippen LogP contribution is -2.17. The van der Waals surface area contributed by atoms with E-state index >= 15 is 0 Å². The van der Waals surface area contributed by atoms with Gasteiger partial charge in [0.05, 0.1) is 0 Å². The first-order valence-corrected chi connectivity index (χ1v) is 4.32. The van der Waals surface area contributed by atoms with Crippen LogP contribution in [0.4, 0.5) is 0 Å². The van der Waals surface area contributed by atoms with Gasteiger partial charge in [-0.05, 0) is 13.8 Å². The molecule has 0 aromatic carbocycles. The highest BCUT2D eigenvalue weighted by atomic mass is 32.2. The largest absolute Gasteiger partial charge is 0.300 e. The highest BCUT2D eigenvalue weighted by Crippen LogP contribution is 1.91. The molecule has 0 heterocycles. The lowest BCUT2D eigenvalue weighted by Gasteiger charge is -2.03. The monoisotopic (exact) mass is 174 g/mol. The average Bonchev–Trinajstić information content (AvgIpc) is 1.87. The SMILES string of the molecule is CC(=O)C/C=C/C(C)NSN. The van der Waals surface area contributed by atoms with Crippen molar-refractivity contribution in [3.63, 3.8) is 0 Å². The average molecular weight is 174 g/mol. The van der Waals surface area contributed by atoms with Crippen LogP contribution in [0.1, 0.15) is 20.3 Å². The fourth-order valence-corrected chi connectivity index (χ4v) is 0.878. The number of carbonyl (C=O) groups excluding carboxylic acids is 1. The summed E-state index contributed by atoms with van der Waals surface area (Å²) in [7, 11) is 0. The molecule has 0 rings (SSSR count). The molecule has 3 N–H and O–H groups in total. The zero-order chi connectivity index (χ0) is 8.69. The van der Waals surface area contributed by atoms with Crippen molar-refractivity contribution in [3.05, 3.63) is 12.2 Å². The van der Waals surface area contributed by atoms with E-state index in [0.717, 1.165) is 12.1 Å². The van der Waals surface area contributed by atoms with Gasteiger partial charge in [-0.25, -0.2) is 4.72 Å². The Hall–Kier alpha value is -0.320. The summed E-state index contributed by atoms with van der Waals surface area (Å²) in [5, 5.41) is 5.17. The molecule has 4 heteroatoms. The second-order valence-electron chi connectivity index (χ2n) is 2.36. The highest BCUT2D eigenvalue weighted by molar-refractivity contribution is 7.95. The van der Waals surface area contributed by atoms with Crippen LogP contribution in [0.15, 0.2) is 12.2 Å². The fourth-order valence-electron chi connectivity index (χ4n) is 0.585. The Morgan fingerprint density at radius 1 is 1.82 bits per heavy atom. The van der Waals surface area contributed by atoms with Gasteiger partial charge < -0.3 is 0 Å². The van der Waals surface area contributed by atoms with Crippen molar-refractivity contribution >= 4 is 17.9 Å². The molecule has 1 atom stereocenters. The predicted molar refractivity (Wildman–Crippen MR) is 48.8 cm³/mol. The van der Waals surface area contributed by atoms with Crippen LogP contribution in [0, 0.1) is 0 Å². The first-order valence-electron chi connectivity index (χ1n) is 3.44. The Balaban J connectivity index is 3.47. The van der Waals surface area contributed by atoms with Crippen molar-refractivity contribution in [1.82, 2.24) is 4.72 Å². The molecule has 0 spiro atoms. The van der Waals surface area contributed by atoms with Gasteiger partial charge in [0.25, 0.3) is 0 Å². The Labute approximate surface area is 71.7 Å². The molecule has 64 valence electrons. The Morgan fingerprint density at radius 3 is 2.91 bits per heavy atom. The molecular formula is C7H14N2OS. The van der Waals surface area contributed by atoms with E-state index in [1.165, 1.54) is 0 Å². The van der Waals surface area contributed by atoms with Gasteiger partial charge >= 0.3 is 0 Å². The predicted octanol–water partition coefficient (Wildman–Crippen LogP) is 1.02. The van der Waals surface area contributed by atoms with Crippen LogP contribution in [0.25, 0.3) is 0 Å². The summed E-state index contributed by atoms with van der Waals surface area (Å²) in [6.45, 7) is 3.54. The van der Waals surface area contributed by atoms with Crippen LogP contribution >= 0.6 is 12.1 Å². The van der Waals surface area contributed by atoms with Gasteiger partial charge in [-0.3, -0.25) is 9.93 Å². The number of rotatable bonds is 5. The smallest absolute Gasteiger partial charge is 0.133 e.